The number of benzene rings is 1. The number of methoxy groups -OCH3 is 1. The Kier molecular flexibility index (Phi) is 3.92. The van der Waals surface area contributed by atoms with Crippen LogP contribution in [-0.2, 0) is 6.54 Å². The zero-order valence-corrected chi connectivity index (χ0v) is 12.4. The molecule has 0 bridgehead atoms. The van der Waals surface area contributed by atoms with E-state index in [0.717, 1.165) is 31.0 Å². The number of aryl methyl sites for hydroxylation is 1. The molecule has 1 fully saturated rings. The Hall–Kier alpha value is -1.88. The lowest BCUT2D eigenvalue weighted by molar-refractivity contribution is 0.319. The molecule has 3 rings (SSSR count). The summed E-state index contributed by atoms with van der Waals surface area (Å²) in [4.78, 5) is 9.98. The predicted octanol–water partition coefficient (Wildman–Crippen LogP) is 2.86. The molecule has 0 spiro atoms. The zero-order valence-electron chi connectivity index (χ0n) is 12.4. The molecule has 1 aliphatic heterocycles. The minimum absolute atomic E-state index is 0.202. The molecule has 112 valence electrons. The highest BCUT2D eigenvalue weighted by molar-refractivity contribution is 5.29. The van der Waals surface area contributed by atoms with Gasteiger partial charge in [-0.15, -0.1) is 0 Å². The van der Waals surface area contributed by atoms with Gasteiger partial charge in [0.2, 0.25) is 0 Å². The van der Waals surface area contributed by atoms with Crippen molar-refractivity contribution in [1.29, 1.82) is 0 Å². The lowest BCUT2D eigenvalue weighted by atomic mass is 10.1. The van der Waals surface area contributed by atoms with Crippen LogP contribution in [0.1, 0.15) is 29.4 Å². The van der Waals surface area contributed by atoms with Crippen molar-refractivity contribution in [2.75, 3.05) is 20.2 Å². The maximum Gasteiger partial charge on any atom is 0.131 e. The van der Waals surface area contributed by atoms with Crippen LogP contribution in [0, 0.1) is 12.7 Å². The molecule has 0 unspecified atom stereocenters. The summed E-state index contributed by atoms with van der Waals surface area (Å²) in [6, 6.07) is 5.05. The maximum absolute atomic E-state index is 14.0. The second-order valence-corrected chi connectivity index (χ2v) is 5.63. The molecule has 1 atom stereocenters. The summed E-state index contributed by atoms with van der Waals surface area (Å²) >= 11 is 0. The highest BCUT2D eigenvalue weighted by atomic mass is 19.1. The van der Waals surface area contributed by atoms with Gasteiger partial charge >= 0.3 is 0 Å². The molecule has 1 aliphatic rings. The van der Waals surface area contributed by atoms with E-state index >= 15 is 0 Å². The first kappa shape index (κ1) is 14.1. The molecule has 1 N–H and O–H groups in total. The SMILES string of the molecule is COc1ccc(CN2CC[C@H](c3ncc(C)[nH]3)C2)c(F)c1. The molecule has 0 radical (unpaired) electrons. The average Bonchev–Trinajstić information content (AvgIpc) is 3.10. The minimum atomic E-state index is -0.202. The van der Waals surface area contributed by atoms with Gasteiger partial charge in [0.05, 0.1) is 7.11 Å². The summed E-state index contributed by atoms with van der Waals surface area (Å²) in [6.45, 7) is 4.52. The largest absolute Gasteiger partial charge is 0.497 e. The van der Waals surface area contributed by atoms with E-state index in [0.29, 0.717) is 23.8 Å². The normalized spacial score (nSPS) is 19.1. The number of halogens is 1. The van der Waals surface area contributed by atoms with Crippen molar-refractivity contribution >= 4 is 0 Å². The van der Waals surface area contributed by atoms with Gasteiger partial charge < -0.3 is 9.72 Å². The number of ether oxygens (including phenoxy) is 1. The number of nitrogens with zero attached hydrogens (tertiary/aromatic N) is 2. The number of rotatable bonds is 4. The standard InChI is InChI=1S/C16H20FN3O/c1-11-8-18-16(19-11)13-5-6-20(10-13)9-12-3-4-14(21-2)7-15(12)17/h3-4,7-8,13H,5-6,9-10H2,1-2H3,(H,18,19)/t13-/m0/s1. The third-order valence-electron chi connectivity index (χ3n) is 4.04. The second kappa shape index (κ2) is 5.85. The van der Waals surface area contributed by atoms with Gasteiger partial charge in [0, 0.05) is 42.5 Å². The number of aromatic amines is 1. The van der Waals surface area contributed by atoms with Crippen molar-refractivity contribution in [3.05, 3.63) is 47.3 Å². The third kappa shape index (κ3) is 3.08. The summed E-state index contributed by atoms with van der Waals surface area (Å²) in [5.74, 6) is 1.82. The van der Waals surface area contributed by atoms with Crippen LogP contribution in [0.25, 0.3) is 0 Å². The van der Waals surface area contributed by atoms with E-state index in [9.17, 15) is 4.39 Å². The van der Waals surface area contributed by atoms with Gasteiger partial charge in [0.25, 0.3) is 0 Å². The van der Waals surface area contributed by atoms with Crippen LogP contribution in [0.5, 0.6) is 5.75 Å². The number of nitrogens with one attached hydrogen (secondary N) is 1. The molecule has 4 nitrogen and oxygen atoms in total. The number of imidazole rings is 1. The van der Waals surface area contributed by atoms with Gasteiger partial charge in [0.15, 0.2) is 0 Å². The molecular formula is C16H20FN3O. The Balaban J connectivity index is 1.64. The summed E-state index contributed by atoms with van der Waals surface area (Å²) in [6.07, 6.45) is 2.92. The van der Waals surface area contributed by atoms with Crippen molar-refractivity contribution in [2.45, 2.75) is 25.8 Å². The molecule has 2 heterocycles. The molecule has 0 saturated carbocycles. The van der Waals surface area contributed by atoms with Crippen LogP contribution >= 0.6 is 0 Å². The number of hydrogen-bond donors (Lipinski definition) is 1. The summed E-state index contributed by atoms with van der Waals surface area (Å²) in [5.41, 5.74) is 1.80. The Morgan fingerprint density at radius 2 is 2.33 bits per heavy atom. The van der Waals surface area contributed by atoms with Gasteiger partial charge in [-0.2, -0.15) is 0 Å². The van der Waals surface area contributed by atoms with E-state index in [-0.39, 0.29) is 5.82 Å². The number of hydrogen-bond acceptors (Lipinski definition) is 3. The smallest absolute Gasteiger partial charge is 0.131 e. The average molecular weight is 289 g/mol. The van der Waals surface area contributed by atoms with Crippen LogP contribution in [0.4, 0.5) is 4.39 Å². The molecule has 2 aromatic rings. The van der Waals surface area contributed by atoms with E-state index in [1.165, 1.54) is 6.07 Å². The van der Waals surface area contributed by atoms with Gasteiger partial charge in [-0.25, -0.2) is 9.37 Å². The molecule has 21 heavy (non-hydrogen) atoms. The highest BCUT2D eigenvalue weighted by Crippen LogP contribution is 2.27. The van der Waals surface area contributed by atoms with Crippen molar-refractivity contribution in [3.63, 3.8) is 0 Å². The summed E-state index contributed by atoms with van der Waals surface area (Å²) < 4.78 is 19.0. The Labute approximate surface area is 124 Å². The zero-order chi connectivity index (χ0) is 14.8. The van der Waals surface area contributed by atoms with Gasteiger partial charge in [0.1, 0.15) is 17.4 Å². The molecular weight excluding hydrogens is 269 g/mol. The van der Waals surface area contributed by atoms with Crippen molar-refractivity contribution in [2.24, 2.45) is 0 Å². The fourth-order valence-corrected chi connectivity index (χ4v) is 2.86. The lowest BCUT2D eigenvalue weighted by Crippen LogP contribution is -2.20. The van der Waals surface area contributed by atoms with Crippen molar-refractivity contribution in [1.82, 2.24) is 14.9 Å². The third-order valence-corrected chi connectivity index (χ3v) is 4.04. The molecule has 1 aromatic heterocycles. The first-order chi connectivity index (χ1) is 10.2. The summed E-state index contributed by atoms with van der Waals surface area (Å²) in [5, 5.41) is 0. The van der Waals surface area contributed by atoms with Crippen LogP contribution in [0.2, 0.25) is 0 Å². The molecule has 1 aromatic carbocycles. The van der Waals surface area contributed by atoms with Crippen LogP contribution in [-0.4, -0.2) is 35.1 Å². The maximum atomic E-state index is 14.0. The van der Waals surface area contributed by atoms with Crippen molar-refractivity contribution < 1.29 is 9.13 Å². The second-order valence-electron chi connectivity index (χ2n) is 5.63. The lowest BCUT2D eigenvalue weighted by Gasteiger charge is -2.16. The Morgan fingerprint density at radius 3 is 3.00 bits per heavy atom. The molecule has 0 aliphatic carbocycles. The van der Waals surface area contributed by atoms with E-state index in [4.69, 9.17) is 4.74 Å². The van der Waals surface area contributed by atoms with E-state index < -0.39 is 0 Å². The van der Waals surface area contributed by atoms with E-state index in [1.54, 1.807) is 13.2 Å². The fourth-order valence-electron chi connectivity index (χ4n) is 2.86. The van der Waals surface area contributed by atoms with Crippen LogP contribution in [0.3, 0.4) is 0 Å². The predicted molar refractivity (Wildman–Crippen MR) is 78.9 cm³/mol. The fraction of sp³-hybridized carbons (Fsp3) is 0.438. The first-order valence-electron chi connectivity index (χ1n) is 7.22. The van der Waals surface area contributed by atoms with Gasteiger partial charge in [-0.3, -0.25) is 4.90 Å². The van der Waals surface area contributed by atoms with Crippen LogP contribution in [0.15, 0.2) is 24.4 Å². The topological polar surface area (TPSA) is 41.1 Å². The Morgan fingerprint density at radius 1 is 1.48 bits per heavy atom. The van der Waals surface area contributed by atoms with E-state index in [1.807, 2.05) is 19.2 Å². The quantitative estimate of drug-likeness (QED) is 0.941. The molecule has 0 amide bonds. The minimum Gasteiger partial charge on any atom is -0.497 e. The molecule has 1 saturated heterocycles. The monoisotopic (exact) mass is 289 g/mol. The van der Waals surface area contributed by atoms with Crippen molar-refractivity contribution in [3.8, 4) is 5.75 Å². The molecule has 5 heteroatoms. The summed E-state index contributed by atoms with van der Waals surface area (Å²) in [7, 11) is 1.55. The first-order valence-corrected chi connectivity index (χ1v) is 7.22. The number of H-pyrrole nitrogens is 1. The number of aromatic nitrogens is 2. The van der Waals surface area contributed by atoms with Gasteiger partial charge in [-0.1, -0.05) is 6.07 Å². The van der Waals surface area contributed by atoms with Gasteiger partial charge in [-0.05, 0) is 26.0 Å². The van der Waals surface area contributed by atoms with E-state index in [2.05, 4.69) is 14.9 Å². The highest BCUT2D eigenvalue weighted by Gasteiger charge is 2.26. The van der Waals surface area contributed by atoms with Crippen LogP contribution < -0.4 is 4.74 Å². The number of likely N-dealkylation sites (tertiary alicyclic amines) is 1. The Bertz CT molecular complexity index is 626.